The maximum Gasteiger partial charge on any atom is 0.472 e. The summed E-state index contributed by atoms with van der Waals surface area (Å²) in [6.45, 7) is 3.26. The van der Waals surface area contributed by atoms with Crippen molar-refractivity contribution in [2.45, 2.75) is 45.1 Å². The van der Waals surface area contributed by atoms with Crippen molar-refractivity contribution in [2.75, 3.05) is 47.5 Å². The number of benzene rings is 1. The average Bonchev–Trinajstić information content (AvgIpc) is 2.63. The third-order valence-corrected chi connectivity index (χ3v) is 5.14. The number of likely N-dealkylation sites (N-methyl/N-ethyl adjacent to an activating group) is 1. The highest BCUT2D eigenvalue weighted by Gasteiger charge is 2.31. The predicted octanol–water partition coefficient (Wildman–Crippen LogP) is 3.53. The van der Waals surface area contributed by atoms with Gasteiger partial charge in [0.15, 0.2) is 0 Å². The van der Waals surface area contributed by atoms with Crippen LogP contribution in [0.15, 0.2) is 24.3 Å². The molecule has 1 rings (SSSR count). The van der Waals surface area contributed by atoms with Gasteiger partial charge in [-0.15, -0.1) is 0 Å². The van der Waals surface area contributed by atoms with Gasteiger partial charge in [-0.1, -0.05) is 25.8 Å². The molecule has 0 fully saturated rings. The molecule has 0 spiro atoms. The molecular formula is C21H38NO9P. The first-order valence-corrected chi connectivity index (χ1v) is 12.0. The van der Waals surface area contributed by atoms with E-state index in [9.17, 15) is 14.3 Å². The number of carbonyl (C=O) groups is 1. The third kappa shape index (κ3) is 15.2. The van der Waals surface area contributed by atoms with Crippen molar-refractivity contribution in [3.05, 3.63) is 24.3 Å². The van der Waals surface area contributed by atoms with Gasteiger partial charge >= 0.3 is 13.8 Å². The number of hydrogen-bond donors (Lipinski definition) is 2. The van der Waals surface area contributed by atoms with Crippen molar-refractivity contribution in [3.63, 3.8) is 0 Å². The van der Waals surface area contributed by atoms with Crippen LogP contribution in [0.2, 0.25) is 0 Å². The van der Waals surface area contributed by atoms with Crippen LogP contribution in [0.5, 0.6) is 11.5 Å². The summed E-state index contributed by atoms with van der Waals surface area (Å²) in [4.78, 5) is 20.9. The number of rotatable bonds is 17. The number of aliphatic carboxylic acids is 1. The maximum atomic E-state index is 12.2. The van der Waals surface area contributed by atoms with Crippen LogP contribution in [0, 0.1) is 0 Å². The highest BCUT2D eigenvalue weighted by atomic mass is 31.2. The van der Waals surface area contributed by atoms with Crippen LogP contribution in [0.25, 0.3) is 0 Å². The molecule has 11 heteroatoms. The fourth-order valence-electron chi connectivity index (χ4n) is 2.78. The van der Waals surface area contributed by atoms with Crippen molar-refractivity contribution in [2.24, 2.45) is 0 Å². The van der Waals surface area contributed by atoms with Crippen LogP contribution in [0.1, 0.15) is 39.0 Å². The van der Waals surface area contributed by atoms with Crippen molar-refractivity contribution in [1.82, 2.24) is 0 Å². The second kappa shape index (κ2) is 15.2. The van der Waals surface area contributed by atoms with Crippen LogP contribution in [0.3, 0.4) is 0 Å². The van der Waals surface area contributed by atoms with Gasteiger partial charge in [0.2, 0.25) is 0 Å². The standard InChI is InChI=1S/C21H36NO8P.H2O/c1-5-6-7-12-27-18-10-8-11-19(15-18)28-13-9-14-29-31(25,26)30-20(16-21(23)24)17-22(2,3)4;/h8,10-11,15,20H,5-7,9,12-14,16-17H2,1-4H3,(H-,23,24,25,26);1H2. The average molecular weight is 480 g/mol. The van der Waals surface area contributed by atoms with E-state index in [4.69, 9.17) is 23.6 Å². The number of carboxylic acid groups (broad SMARTS) is 1. The van der Waals surface area contributed by atoms with Gasteiger partial charge in [-0.25, -0.2) is 4.57 Å². The molecule has 1 aromatic rings. The zero-order valence-corrected chi connectivity index (χ0v) is 20.3. The van der Waals surface area contributed by atoms with E-state index in [0.29, 0.717) is 23.3 Å². The predicted molar refractivity (Wildman–Crippen MR) is 119 cm³/mol. The van der Waals surface area contributed by atoms with Gasteiger partial charge < -0.3 is 29.4 Å². The summed E-state index contributed by atoms with van der Waals surface area (Å²) in [5.74, 6) is 0.268. The summed E-state index contributed by atoms with van der Waals surface area (Å²) < 4.78 is 33.9. The summed E-state index contributed by atoms with van der Waals surface area (Å²) in [5.41, 5.74) is 0. The van der Waals surface area contributed by atoms with Gasteiger partial charge in [0.1, 0.15) is 24.1 Å². The van der Waals surface area contributed by atoms with Gasteiger partial charge in [-0.3, -0.25) is 13.8 Å². The van der Waals surface area contributed by atoms with Crippen molar-refractivity contribution in [1.29, 1.82) is 0 Å². The number of unbranched alkanes of at least 4 members (excludes halogenated alkanes) is 2. The molecule has 0 saturated heterocycles. The minimum atomic E-state index is -4.38. The van der Waals surface area contributed by atoms with E-state index in [-0.39, 0.29) is 31.7 Å². The SMILES string of the molecule is CCCCCOc1cccc(OCCCOP(=O)(O)OC(CC(=O)O)C[N+](C)(C)C)c1.[OH-]. The van der Waals surface area contributed by atoms with Gasteiger partial charge in [-0.05, 0) is 18.6 Å². The van der Waals surface area contributed by atoms with E-state index < -0.39 is 19.9 Å². The van der Waals surface area contributed by atoms with Crippen molar-refractivity contribution >= 4 is 13.8 Å². The molecule has 0 aliphatic heterocycles. The molecule has 0 aliphatic carbocycles. The molecule has 2 atom stereocenters. The van der Waals surface area contributed by atoms with Crippen LogP contribution >= 0.6 is 7.82 Å². The zero-order chi connectivity index (χ0) is 23.3. The summed E-state index contributed by atoms with van der Waals surface area (Å²) in [6.07, 6.45) is 2.30. The van der Waals surface area contributed by atoms with Crippen LogP contribution in [-0.2, 0) is 18.4 Å². The minimum absolute atomic E-state index is 0. The number of hydrogen-bond acceptors (Lipinski definition) is 7. The van der Waals surface area contributed by atoms with Gasteiger partial charge in [0.05, 0.1) is 47.4 Å². The molecule has 186 valence electrons. The topological polar surface area (TPSA) is 142 Å². The first kappa shape index (κ1) is 30.3. The highest BCUT2D eigenvalue weighted by Crippen LogP contribution is 2.45. The molecule has 2 unspecified atom stereocenters. The molecule has 0 saturated carbocycles. The molecule has 0 heterocycles. The van der Waals surface area contributed by atoms with E-state index in [1.54, 1.807) is 12.1 Å². The van der Waals surface area contributed by atoms with E-state index in [0.717, 1.165) is 25.0 Å². The first-order valence-electron chi connectivity index (χ1n) is 10.5. The number of ether oxygens (including phenoxy) is 2. The smallest absolute Gasteiger partial charge is 0.472 e. The minimum Gasteiger partial charge on any atom is -0.870 e. The Morgan fingerprint density at radius 2 is 1.66 bits per heavy atom. The summed E-state index contributed by atoms with van der Waals surface area (Å²) in [6, 6.07) is 7.31. The summed E-state index contributed by atoms with van der Waals surface area (Å²) >= 11 is 0. The Morgan fingerprint density at radius 1 is 1.06 bits per heavy atom. The Balaban J connectivity index is 0.00000961. The largest absolute Gasteiger partial charge is 0.870 e. The van der Waals surface area contributed by atoms with E-state index in [1.807, 2.05) is 33.3 Å². The zero-order valence-electron chi connectivity index (χ0n) is 19.4. The molecule has 0 amide bonds. The Morgan fingerprint density at radius 3 is 2.19 bits per heavy atom. The lowest BCUT2D eigenvalue weighted by molar-refractivity contribution is -0.873. The van der Waals surface area contributed by atoms with Gasteiger partial charge in [0, 0.05) is 12.5 Å². The fourth-order valence-corrected chi connectivity index (χ4v) is 3.72. The molecule has 3 N–H and O–H groups in total. The highest BCUT2D eigenvalue weighted by molar-refractivity contribution is 7.47. The number of phosphoric acid groups is 1. The van der Waals surface area contributed by atoms with Crippen molar-refractivity contribution < 1.29 is 47.8 Å². The lowest BCUT2D eigenvalue weighted by Gasteiger charge is -2.29. The molecular weight excluding hydrogens is 441 g/mol. The second-order valence-corrected chi connectivity index (χ2v) is 9.74. The number of phosphoric ester groups is 1. The van der Waals surface area contributed by atoms with Crippen LogP contribution < -0.4 is 9.47 Å². The lowest BCUT2D eigenvalue weighted by Crippen LogP contribution is -2.42. The Hall–Kier alpha value is -1.68. The molecule has 0 aromatic heterocycles. The number of nitrogens with zero attached hydrogens (tertiary/aromatic N) is 1. The number of carboxylic acids is 1. The third-order valence-electron chi connectivity index (χ3n) is 4.07. The molecule has 10 nitrogen and oxygen atoms in total. The Labute approximate surface area is 190 Å². The molecule has 0 radical (unpaired) electrons. The second-order valence-electron chi connectivity index (χ2n) is 8.33. The Kier molecular flexibility index (Phi) is 14.4. The molecule has 0 aliphatic rings. The Bertz CT molecular complexity index is 709. The van der Waals surface area contributed by atoms with Crippen LogP contribution in [0.4, 0.5) is 0 Å². The molecule has 32 heavy (non-hydrogen) atoms. The van der Waals surface area contributed by atoms with Crippen molar-refractivity contribution in [3.8, 4) is 11.5 Å². The maximum absolute atomic E-state index is 12.2. The fraction of sp³-hybridized carbons (Fsp3) is 0.667. The first-order chi connectivity index (χ1) is 14.5. The summed E-state index contributed by atoms with van der Waals surface area (Å²) in [7, 11) is 1.13. The summed E-state index contributed by atoms with van der Waals surface area (Å²) in [5, 5.41) is 9.00. The van der Waals surface area contributed by atoms with Crippen LogP contribution in [-0.4, -0.2) is 79.5 Å². The van der Waals surface area contributed by atoms with Gasteiger partial charge in [-0.2, -0.15) is 0 Å². The normalized spacial score (nSPS) is 14.2. The molecule has 0 bridgehead atoms. The van der Waals surface area contributed by atoms with E-state index in [2.05, 4.69) is 6.92 Å². The van der Waals surface area contributed by atoms with Gasteiger partial charge in [0.25, 0.3) is 0 Å². The number of quaternary nitrogens is 1. The van der Waals surface area contributed by atoms with E-state index in [1.165, 1.54) is 0 Å². The monoisotopic (exact) mass is 479 g/mol. The lowest BCUT2D eigenvalue weighted by atomic mass is 10.2. The van der Waals surface area contributed by atoms with E-state index >= 15 is 0 Å². The quantitative estimate of drug-likeness (QED) is 0.195. The molecule has 1 aromatic carbocycles.